The number of carbonyl (C=O) groups is 1. The van der Waals surface area contributed by atoms with Crippen molar-refractivity contribution in [2.45, 2.75) is 59.5 Å². The van der Waals surface area contributed by atoms with Crippen molar-refractivity contribution in [3.8, 4) is 5.75 Å². The summed E-state index contributed by atoms with van der Waals surface area (Å²) in [4.78, 5) is 11.4. The lowest BCUT2D eigenvalue weighted by atomic mass is 9.98. The second-order valence-corrected chi connectivity index (χ2v) is 5.63. The van der Waals surface area contributed by atoms with Gasteiger partial charge >= 0.3 is 5.97 Å². The van der Waals surface area contributed by atoms with Crippen LogP contribution in [0.3, 0.4) is 0 Å². The summed E-state index contributed by atoms with van der Waals surface area (Å²) in [6.07, 6.45) is 3.73. The molecule has 0 aliphatic heterocycles. The summed E-state index contributed by atoms with van der Waals surface area (Å²) in [6.45, 7) is 8.58. The Balaban J connectivity index is 2.36. The normalized spacial score (nSPS) is 13.5. The molecule has 0 amide bonds. The predicted molar refractivity (Wildman–Crippen MR) is 85.6 cm³/mol. The summed E-state index contributed by atoms with van der Waals surface area (Å²) < 4.78 is 10.7. The molecular formula is C18H28O3. The fourth-order valence-electron chi connectivity index (χ4n) is 2.07. The molecule has 1 aromatic carbocycles. The molecule has 3 heteroatoms. The molecule has 2 atom stereocenters. The first kappa shape index (κ1) is 17.5. The van der Waals surface area contributed by atoms with Crippen LogP contribution in [0.1, 0.15) is 52.5 Å². The van der Waals surface area contributed by atoms with Crippen molar-refractivity contribution in [2.75, 3.05) is 6.61 Å². The van der Waals surface area contributed by atoms with Crippen molar-refractivity contribution in [1.29, 1.82) is 0 Å². The number of aryl methyl sites for hydroxylation is 1. The van der Waals surface area contributed by atoms with Gasteiger partial charge in [-0.3, -0.25) is 4.79 Å². The van der Waals surface area contributed by atoms with Gasteiger partial charge < -0.3 is 9.47 Å². The number of hydrogen-bond acceptors (Lipinski definition) is 3. The Labute approximate surface area is 128 Å². The molecule has 0 saturated carbocycles. The largest absolute Gasteiger partial charge is 0.491 e. The van der Waals surface area contributed by atoms with Crippen molar-refractivity contribution in [3.63, 3.8) is 0 Å². The highest BCUT2D eigenvalue weighted by molar-refractivity contribution is 5.69. The molecule has 0 aliphatic rings. The minimum atomic E-state index is -0.0951. The standard InChI is InChI=1S/C18H28O3/c1-5-15(4)21-17-11-9-16(10-12-17)8-7-14(3)13-18(19)20-6-2/h9-12,14-15H,5-8,13H2,1-4H3. The molecule has 0 saturated heterocycles. The van der Waals surface area contributed by atoms with Gasteiger partial charge in [0.25, 0.3) is 0 Å². The molecule has 0 aliphatic carbocycles. The van der Waals surface area contributed by atoms with E-state index < -0.39 is 0 Å². The highest BCUT2D eigenvalue weighted by Gasteiger charge is 2.10. The summed E-state index contributed by atoms with van der Waals surface area (Å²) in [5.74, 6) is 1.18. The maximum Gasteiger partial charge on any atom is 0.306 e. The first-order valence-electron chi connectivity index (χ1n) is 7.96. The van der Waals surface area contributed by atoms with Gasteiger partial charge in [0.2, 0.25) is 0 Å². The van der Waals surface area contributed by atoms with E-state index in [0.29, 0.717) is 18.9 Å². The average molecular weight is 292 g/mol. The van der Waals surface area contributed by atoms with Crippen LogP contribution in [0, 0.1) is 5.92 Å². The third-order valence-corrected chi connectivity index (χ3v) is 3.58. The molecular weight excluding hydrogens is 264 g/mol. The van der Waals surface area contributed by atoms with Gasteiger partial charge in [-0.05, 0) is 56.7 Å². The lowest BCUT2D eigenvalue weighted by Crippen LogP contribution is -2.10. The summed E-state index contributed by atoms with van der Waals surface area (Å²) >= 11 is 0. The van der Waals surface area contributed by atoms with Gasteiger partial charge in [-0.2, -0.15) is 0 Å². The van der Waals surface area contributed by atoms with E-state index >= 15 is 0 Å². The maximum atomic E-state index is 11.4. The van der Waals surface area contributed by atoms with Crippen LogP contribution in [0.5, 0.6) is 5.75 Å². The number of carbonyl (C=O) groups excluding carboxylic acids is 1. The van der Waals surface area contributed by atoms with Crippen LogP contribution < -0.4 is 4.74 Å². The van der Waals surface area contributed by atoms with Gasteiger partial charge in [-0.25, -0.2) is 0 Å². The molecule has 1 aromatic rings. The molecule has 0 N–H and O–H groups in total. The van der Waals surface area contributed by atoms with Gasteiger partial charge in [0.15, 0.2) is 0 Å². The van der Waals surface area contributed by atoms with Crippen LogP contribution in [-0.4, -0.2) is 18.7 Å². The minimum absolute atomic E-state index is 0.0951. The summed E-state index contributed by atoms with van der Waals surface area (Å²) in [6, 6.07) is 8.26. The topological polar surface area (TPSA) is 35.5 Å². The lowest BCUT2D eigenvalue weighted by molar-refractivity contribution is -0.144. The lowest BCUT2D eigenvalue weighted by Gasteiger charge is -2.13. The molecule has 118 valence electrons. The Morgan fingerprint density at radius 2 is 1.81 bits per heavy atom. The van der Waals surface area contributed by atoms with Crippen LogP contribution in [-0.2, 0) is 16.0 Å². The highest BCUT2D eigenvalue weighted by Crippen LogP contribution is 2.18. The molecule has 21 heavy (non-hydrogen) atoms. The number of benzene rings is 1. The third kappa shape index (κ3) is 7.16. The SMILES string of the molecule is CCOC(=O)CC(C)CCc1ccc(OC(C)CC)cc1. The fraction of sp³-hybridized carbons (Fsp3) is 0.611. The van der Waals surface area contributed by atoms with E-state index in [9.17, 15) is 4.79 Å². The van der Waals surface area contributed by atoms with Crippen molar-refractivity contribution in [1.82, 2.24) is 0 Å². The molecule has 0 bridgehead atoms. The predicted octanol–water partition coefficient (Wildman–Crippen LogP) is 4.39. The van der Waals surface area contributed by atoms with E-state index in [1.807, 2.05) is 19.1 Å². The fourth-order valence-corrected chi connectivity index (χ4v) is 2.07. The summed E-state index contributed by atoms with van der Waals surface area (Å²) in [7, 11) is 0. The monoisotopic (exact) mass is 292 g/mol. The van der Waals surface area contributed by atoms with E-state index in [1.165, 1.54) is 5.56 Å². The Morgan fingerprint density at radius 3 is 2.38 bits per heavy atom. The smallest absolute Gasteiger partial charge is 0.306 e. The molecule has 2 unspecified atom stereocenters. The first-order valence-corrected chi connectivity index (χ1v) is 7.96. The van der Waals surface area contributed by atoms with Gasteiger partial charge in [0, 0.05) is 6.42 Å². The molecule has 1 rings (SSSR count). The second-order valence-electron chi connectivity index (χ2n) is 5.63. The Kier molecular flexibility index (Phi) is 7.88. The van der Waals surface area contributed by atoms with E-state index in [1.54, 1.807) is 0 Å². The van der Waals surface area contributed by atoms with Crippen molar-refractivity contribution in [2.24, 2.45) is 5.92 Å². The highest BCUT2D eigenvalue weighted by atomic mass is 16.5. The van der Waals surface area contributed by atoms with E-state index in [-0.39, 0.29) is 12.1 Å². The Morgan fingerprint density at radius 1 is 1.14 bits per heavy atom. The summed E-state index contributed by atoms with van der Waals surface area (Å²) in [5.41, 5.74) is 1.28. The van der Waals surface area contributed by atoms with E-state index in [0.717, 1.165) is 25.0 Å². The average Bonchev–Trinajstić information content (AvgIpc) is 2.46. The van der Waals surface area contributed by atoms with Gasteiger partial charge in [0.05, 0.1) is 12.7 Å². The number of ether oxygens (including phenoxy) is 2. The van der Waals surface area contributed by atoms with Gasteiger partial charge in [-0.15, -0.1) is 0 Å². The maximum absolute atomic E-state index is 11.4. The van der Waals surface area contributed by atoms with Gasteiger partial charge in [-0.1, -0.05) is 26.0 Å². The molecule has 0 spiro atoms. The van der Waals surface area contributed by atoms with Crippen molar-refractivity contribution in [3.05, 3.63) is 29.8 Å². The molecule has 0 fully saturated rings. The molecule has 0 radical (unpaired) electrons. The van der Waals surface area contributed by atoms with Crippen LogP contribution in [0.4, 0.5) is 0 Å². The zero-order valence-electron chi connectivity index (χ0n) is 13.7. The van der Waals surface area contributed by atoms with E-state index in [4.69, 9.17) is 9.47 Å². The molecule has 0 heterocycles. The van der Waals surface area contributed by atoms with Gasteiger partial charge in [0.1, 0.15) is 5.75 Å². The quantitative estimate of drug-likeness (QED) is 0.633. The van der Waals surface area contributed by atoms with Crippen LogP contribution in [0.2, 0.25) is 0 Å². The Bertz CT molecular complexity index is 411. The second kappa shape index (κ2) is 9.43. The number of rotatable bonds is 9. The zero-order chi connectivity index (χ0) is 15.7. The number of hydrogen-bond donors (Lipinski definition) is 0. The summed E-state index contributed by atoms with van der Waals surface area (Å²) in [5, 5.41) is 0. The van der Waals surface area contributed by atoms with Crippen LogP contribution >= 0.6 is 0 Å². The minimum Gasteiger partial charge on any atom is -0.491 e. The zero-order valence-corrected chi connectivity index (χ0v) is 13.7. The van der Waals surface area contributed by atoms with Crippen molar-refractivity contribution >= 4 is 5.97 Å². The molecule has 3 nitrogen and oxygen atoms in total. The van der Waals surface area contributed by atoms with Crippen LogP contribution in [0.25, 0.3) is 0 Å². The molecule has 0 aromatic heterocycles. The van der Waals surface area contributed by atoms with E-state index in [2.05, 4.69) is 32.9 Å². The first-order chi connectivity index (χ1) is 10.0. The van der Waals surface area contributed by atoms with Crippen molar-refractivity contribution < 1.29 is 14.3 Å². The number of esters is 1. The third-order valence-electron chi connectivity index (χ3n) is 3.58. The van der Waals surface area contributed by atoms with Crippen LogP contribution in [0.15, 0.2) is 24.3 Å². The Hall–Kier alpha value is -1.51.